The van der Waals surface area contributed by atoms with E-state index in [2.05, 4.69) is 10.3 Å². The highest BCUT2D eigenvalue weighted by atomic mass is 35.5. The number of benzene rings is 2. The van der Waals surface area contributed by atoms with Gasteiger partial charge in [0.1, 0.15) is 12.4 Å². The summed E-state index contributed by atoms with van der Waals surface area (Å²) in [6.45, 7) is 3.49. The first-order chi connectivity index (χ1) is 12.0. The molecule has 0 aliphatic carbocycles. The quantitative estimate of drug-likeness (QED) is 0.781. The van der Waals surface area contributed by atoms with E-state index in [-0.39, 0.29) is 24.1 Å². The third kappa shape index (κ3) is 3.56. The van der Waals surface area contributed by atoms with Crippen molar-refractivity contribution in [3.05, 3.63) is 75.3 Å². The minimum atomic E-state index is -0.269. The molecule has 0 radical (unpaired) electrons. The Morgan fingerprint density at radius 3 is 2.64 bits per heavy atom. The van der Waals surface area contributed by atoms with Crippen LogP contribution in [0.4, 0.5) is 0 Å². The molecule has 0 unspecified atom stereocenters. The molecule has 128 valence electrons. The number of fused-ring (bicyclic) bond motifs is 1. The summed E-state index contributed by atoms with van der Waals surface area (Å²) in [5.41, 5.74) is 1.24. The van der Waals surface area contributed by atoms with Crippen molar-refractivity contribution in [2.75, 3.05) is 0 Å². The zero-order valence-corrected chi connectivity index (χ0v) is 14.7. The summed E-state index contributed by atoms with van der Waals surface area (Å²) in [5, 5.41) is 3.97. The van der Waals surface area contributed by atoms with Gasteiger partial charge in [-0.2, -0.15) is 0 Å². The topological polar surface area (TPSA) is 64.0 Å². The van der Waals surface area contributed by atoms with Gasteiger partial charge in [-0.3, -0.25) is 14.2 Å². The SMILES string of the molecule is Cc1nc2ccccc2c(=O)n1CC(=O)N[C@@H](C)c1ccccc1Cl. The third-order valence-corrected chi connectivity index (χ3v) is 4.45. The monoisotopic (exact) mass is 355 g/mol. The molecule has 0 spiro atoms. The Kier molecular flexibility index (Phi) is 4.86. The van der Waals surface area contributed by atoms with Gasteiger partial charge in [0, 0.05) is 5.02 Å². The van der Waals surface area contributed by atoms with E-state index < -0.39 is 0 Å². The molecule has 0 fully saturated rings. The molecule has 3 rings (SSSR count). The van der Waals surface area contributed by atoms with Gasteiger partial charge in [-0.25, -0.2) is 4.98 Å². The van der Waals surface area contributed by atoms with E-state index in [0.29, 0.717) is 21.7 Å². The van der Waals surface area contributed by atoms with E-state index in [1.807, 2.05) is 31.2 Å². The number of halogens is 1. The summed E-state index contributed by atoms with van der Waals surface area (Å²) >= 11 is 6.16. The molecule has 1 aromatic heterocycles. The molecule has 1 N–H and O–H groups in total. The van der Waals surface area contributed by atoms with E-state index in [4.69, 9.17) is 11.6 Å². The van der Waals surface area contributed by atoms with Crippen LogP contribution in [0.5, 0.6) is 0 Å². The Morgan fingerprint density at radius 1 is 1.20 bits per heavy atom. The third-order valence-electron chi connectivity index (χ3n) is 4.10. The van der Waals surface area contributed by atoms with Crippen LogP contribution in [0.2, 0.25) is 5.02 Å². The predicted molar refractivity (Wildman–Crippen MR) is 98.7 cm³/mol. The molecule has 6 heteroatoms. The molecule has 0 saturated heterocycles. The van der Waals surface area contributed by atoms with E-state index in [0.717, 1.165) is 5.56 Å². The smallest absolute Gasteiger partial charge is 0.261 e. The molecule has 0 saturated carbocycles. The van der Waals surface area contributed by atoms with E-state index in [1.165, 1.54) is 4.57 Å². The number of hydrogen-bond donors (Lipinski definition) is 1. The second-order valence-corrected chi connectivity index (χ2v) is 6.29. The molecule has 0 aliphatic rings. The normalized spacial score (nSPS) is 12.1. The van der Waals surface area contributed by atoms with Gasteiger partial charge < -0.3 is 5.32 Å². The Labute approximate surface area is 150 Å². The summed E-state index contributed by atoms with van der Waals surface area (Å²) in [5.74, 6) is 0.235. The molecule has 3 aromatic rings. The lowest BCUT2D eigenvalue weighted by Gasteiger charge is -2.17. The largest absolute Gasteiger partial charge is 0.348 e. The summed E-state index contributed by atoms with van der Waals surface area (Å²) in [6.07, 6.45) is 0. The molecule has 1 heterocycles. The Bertz CT molecular complexity index is 997. The second kappa shape index (κ2) is 7.07. The van der Waals surface area contributed by atoms with Crippen molar-refractivity contribution < 1.29 is 4.79 Å². The highest BCUT2D eigenvalue weighted by Crippen LogP contribution is 2.22. The maximum absolute atomic E-state index is 12.6. The second-order valence-electron chi connectivity index (χ2n) is 5.88. The Balaban J connectivity index is 1.83. The number of aromatic nitrogens is 2. The molecule has 5 nitrogen and oxygen atoms in total. The number of amides is 1. The first kappa shape index (κ1) is 17.2. The van der Waals surface area contributed by atoms with Gasteiger partial charge in [-0.1, -0.05) is 41.9 Å². The number of nitrogens with zero attached hydrogens (tertiary/aromatic N) is 2. The molecule has 25 heavy (non-hydrogen) atoms. The van der Waals surface area contributed by atoms with E-state index in [1.54, 1.807) is 31.2 Å². The van der Waals surface area contributed by atoms with Gasteiger partial charge >= 0.3 is 0 Å². The maximum Gasteiger partial charge on any atom is 0.261 e. The number of aryl methyl sites for hydroxylation is 1. The average molecular weight is 356 g/mol. The van der Waals surface area contributed by atoms with Gasteiger partial charge in [0.15, 0.2) is 0 Å². The fourth-order valence-corrected chi connectivity index (χ4v) is 3.10. The van der Waals surface area contributed by atoms with Crippen molar-refractivity contribution in [2.24, 2.45) is 0 Å². The van der Waals surface area contributed by atoms with Crippen LogP contribution in [0.1, 0.15) is 24.4 Å². The fourth-order valence-electron chi connectivity index (χ4n) is 2.80. The fraction of sp³-hybridized carbons (Fsp3) is 0.211. The molecule has 0 aliphatic heterocycles. The predicted octanol–water partition coefficient (Wildman–Crippen LogP) is 3.24. The highest BCUT2D eigenvalue weighted by molar-refractivity contribution is 6.31. The highest BCUT2D eigenvalue weighted by Gasteiger charge is 2.15. The van der Waals surface area contributed by atoms with Crippen molar-refractivity contribution in [2.45, 2.75) is 26.4 Å². The number of carbonyl (C=O) groups excluding carboxylic acids is 1. The van der Waals surface area contributed by atoms with Crippen molar-refractivity contribution in [1.82, 2.24) is 14.9 Å². The van der Waals surface area contributed by atoms with Crippen LogP contribution in [0, 0.1) is 6.92 Å². The first-order valence-corrected chi connectivity index (χ1v) is 8.35. The van der Waals surface area contributed by atoms with Gasteiger partial charge in [0.2, 0.25) is 5.91 Å². The minimum absolute atomic E-state index is 0.0860. The molecular weight excluding hydrogens is 338 g/mol. The van der Waals surface area contributed by atoms with Crippen molar-refractivity contribution >= 4 is 28.4 Å². The molecule has 1 amide bonds. The standard InChI is InChI=1S/C19H18ClN3O2/c1-12(14-7-3-5-9-16(14)20)21-18(24)11-23-13(2)22-17-10-6-4-8-15(17)19(23)25/h3-10,12H,11H2,1-2H3,(H,21,24)/t12-/m0/s1. The maximum atomic E-state index is 12.6. The van der Waals surface area contributed by atoms with Gasteiger partial charge in [0.25, 0.3) is 5.56 Å². The molecule has 2 aromatic carbocycles. The van der Waals surface area contributed by atoms with Crippen molar-refractivity contribution in [3.63, 3.8) is 0 Å². The minimum Gasteiger partial charge on any atom is -0.348 e. The number of nitrogens with one attached hydrogen (secondary N) is 1. The first-order valence-electron chi connectivity index (χ1n) is 7.97. The average Bonchev–Trinajstić information content (AvgIpc) is 2.59. The number of rotatable bonds is 4. The summed E-state index contributed by atoms with van der Waals surface area (Å²) < 4.78 is 1.39. The lowest BCUT2D eigenvalue weighted by atomic mass is 10.1. The van der Waals surface area contributed by atoms with E-state index >= 15 is 0 Å². The Hall–Kier alpha value is -2.66. The molecular formula is C19H18ClN3O2. The van der Waals surface area contributed by atoms with Crippen LogP contribution in [0.3, 0.4) is 0 Å². The molecule has 0 bridgehead atoms. The van der Waals surface area contributed by atoms with Crippen LogP contribution in [0.25, 0.3) is 10.9 Å². The van der Waals surface area contributed by atoms with Gasteiger partial charge in [-0.15, -0.1) is 0 Å². The van der Waals surface area contributed by atoms with Crippen LogP contribution < -0.4 is 10.9 Å². The van der Waals surface area contributed by atoms with Crippen molar-refractivity contribution in [1.29, 1.82) is 0 Å². The van der Waals surface area contributed by atoms with Crippen LogP contribution in [-0.2, 0) is 11.3 Å². The number of hydrogen-bond acceptors (Lipinski definition) is 3. The van der Waals surface area contributed by atoms with Crippen LogP contribution >= 0.6 is 11.6 Å². The van der Waals surface area contributed by atoms with Gasteiger partial charge in [-0.05, 0) is 37.6 Å². The zero-order chi connectivity index (χ0) is 18.0. The van der Waals surface area contributed by atoms with Gasteiger partial charge in [0.05, 0.1) is 16.9 Å². The Morgan fingerprint density at radius 2 is 1.88 bits per heavy atom. The lowest BCUT2D eigenvalue weighted by Crippen LogP contribution is -2.35. The summed E-state index contributed by atoms with van der Waals surface area (Å²) in [7, 11) is 0. The molecule has 1 atom stereocenters. The van der Waals surface area contributed by atoms with Crippen LogP contribution in [0.15, 0.2) is 53.3 Å². The van der Waals surface area contributed by atoms with Crippen LogP contribution in [-0.4, -0.2) is 15.5 Å². The van der Waals surface area contributed by atoms with E-state index in [9.17, 15) is 9.59 Å². The number of para-hydroxylation sites is 1. The number of carbonyl (C=O) groups is 1. The van der Waals surface area contributed by atoms with Crippen molar-refractivity contribution in [3.8, 4) is 0 Å². The summed E-state index contributed by atoms with van der Waals surface area (Å²) in [4.78, 5) is 29.4. The lowest BCUT2D eigenvalue weighted by molar-refractivity contribution is -0.122. The summed E-state index contributed by atoms with van der Waals surface area (Å²) in [6, 6.07) is 14.2. The zero-order valence-electron chi connectivity index (χ0n) is 14.0.